The molecule has 0 bridgehead atoms. The fraction of sp³-hybridized carbons (Fsp3) is 0.632. The SMILES string of the molecule is NC[C@H]1CCC[C@H]1C(=O)N1CCCC1c1ccc2c(c1)OCCO2. The lowest BCUT2D eigenvalue weighted by atomic mass is 9.93. The van der Waals surface area contributed by atoms with E-state index in [4.69, 9.17) is 15.2 Å². The van der Waals surface area contributed by atoms with Gasteiger partial charge >= 0.3 is 0 Å². The Kier molecular flexibility index (Phi) is 4.35. The third-order valence-corrected chi connectivity index (χ3v) is 5.77. The summed E-state index contributed by atoms with van der Waals surface area (Å²) in [6.07, 6.45) is 5.29. The van der Waals surface area contributed by atoms with E-state index in [1.807, 2.05) is 6.07 Å². The highest BCUT2D eigenvalue weighted by atomic mass is 16.6. The van der Waals surface area contributed by atoms with E-state index < -0.39 is 0 Å². The van der Waals surface area contributed by atoms with E-state index in [0.29, 0.717) is 31.6 Å². The Hall–Kier alpha value is -1.75. The molecule has 24 heavy (non-hydrogen) atoms. The molecule has 0 aromatic heterocycles. The first-order chi connectivity index (χ1) is 11.8. The summed E-state index contributed by atoms with van der Waals surface area (Å²) in [4.78, 5) is 15.2. The Morgan fingerprint density at radius 1 is 1.12 bits per heavy atom. The molecule has 4 rings (SSSR count). The maximum atomic E-state index is 13.1. The summed E-state index contributed by atoms with van der Waals surface area (Å²) in [7, 11) is 0. The van der Waals surface area contributed by atoms with E-state index in [1.54, 1.807) is 0 Å². The van der Waals surface area contributed by atoms with Crippen LogP contribution in [0.5, 0.6) is 11.5 Å². The standard InChI is InChI=1S/C19H26N2O3/c20-12-14-3-1-4-15(14)19(22)21-8-2-5-16(21)13-6-7-17-18(11-13)24-10-9-23-17/h6-7,11,14-16H,1-5,8-10,12,20H2/t14-,15-,16?/m1/s1. The quantitative estimate of drug-likeness (QED) is 0.925. The van der Waals surface area contributed by atoms with Crippen LogP contribution in [0.25, 0.3) is 0 Å². The van der Waals surface area contributed by atoms with E-state index >= 15 is 0 Å². The number of carbonyl (C=O) groups excluding carboxylic acids is 1. The van der Waals surface area contributed by atoms with Gasteiger partial charge in [-0.15, -0.1) is 0 Å². The van der Waals surface area contributed by atoms with Crippen LogP contribution in [-0.4, -0.2) is 37.1 Å². The highest BCUT2D eigenvalue weighted by Crippen LogP contribution is 2.41. The summed E-state index contributed by atoms with van der Waals surface area (Å²) >= 11 is 0. The Morgan fingerprint density at radius 2 is 1.96 bits per heavy atom. The number of hydrogen-bond donors (Lipinski definition) is 1. The summed E-state index contributed by atoms with van der Waals surface area (Å²) in [6.45, 7) is 2.66. The van der Waals surface area contributed by atoms with Gasteiger partial charge in [0, 0.05) is 12.5 Å². The maximum absolute atomic E-state index is 13.1. The second-order valence-electron chi connectivity index (χ2n) is 7.13. The second-order valence-corrected chi connectivity index (χ2v) is 7.13. The third-order valence-electron chi connectivity index (χ3n) is 5.77. The van der Waals surface area contributed by atoms with Crippen molar-refractivity contribution in [2.75, 3.05) is 26.3 Å². The molecule has 5 nitrogen and oxygen atoms in total. The number of amides is 1. The molecule has 0 radical (unpaired) electrons. The van der Waals surface area contributed by atoms with Crippen molar-refractivity contribution in [2.24, 2.45) is 17.6 Å². The number of fused-ring (bicyclic) bond motifs is 1. The van der Waals surface area contributed by atoms with Gasteiger partial charge < -0.3 is 20.1 Å². The minimum Gasteiger partial charge on any atom is -0.486 e. The Balaban J connectivity index is 1.55. The summed E-state index contributed by atoms with van der Waals surface area (Å²) in [5, 5.41) is 0. The van der Waals surface area contributed by atoms with Crippen molar-refractivity contribution in [3.8, 4) is 11.5 Å². The Labute approximate surface area is 143 Å². The molecule has 5 heteroatoms. The van der Waals surface area contributed by atoms with Gasteiger partial charge in [0.15, 0.2) is 11.5 Å². The van der Waals surface area contributed by atoms with Crippen molar-refractivity contribution < 1.29 is 14.3 Å². The number of nitrogens with two attached hydrogens (primary N) is 1. The van der Waals surface area contributed by atoms with Crippen LogP contribution in [0.15, 0.2) is 18.2 Å². The van der Waals surface area contributed by atoms with E-state index in [2.05, 4.69) is 17.0 Å². The zero-order chi connectivity index (χ0) is 16.5. The van der Waals surface area contributed by atoms with E-state index in [-0.39, 0.29) is 12.0 Å². The fourth-order valence-electron chi connectivity index (χ4n) is 4.50. The van der Waals surface area contributed by atoms with Gasteiger partial charge in [0.2, 0.25) is 5.91 Å². The van der Waals surface area contributed by atoms with E-state index in [0.717, 1.165) is 55.7 Å². The van der Waals surface area contributed by atoms with Crippen LogP contribution in [0, 0.1) is 11.8 Å². The van der Waals surface area contributed by atoms with E-state index in [1.165, 1.54) is 0 Å². The lowest BCUT2D eigenvalue weighted by Crippen LogP contribution is -2.38. The molecule has 0 spiro atoms. The largest absolute Gasteiger partial charge is 0.486 e. The molecule has 1 unspecified atom stereocenters. The number of carbonyl (C=O) groups is 1. The van der Waals surface area contributed by atoms with Gasteiger partial charge in [0.05, 0.1) is 6.04 Å². The van der Waals surface area contributed by atoms with Crippen molar-refractivity contribution >= 4 is 5.91 Å². The number of ether oxygens (including phenoxy) is 2. The molecule has 2 fully saturated rings. The second kappa shape index (κ2) is 6.63. The van der Waals surface area contributed by atoms with Crippen molar-refractivity contribution in [1.82, 2.24) is 4.90 Å². The van der Waals surface area contributed by atoms with Crippen molar-refractivity contribution in [3.63, 3.8) is 0 Å². The molecule has 2 aliphatic heterocycles. The molecule has 2 N–H and O–H groups in total. The van der Waals surface area contributed by atoms with Gasteiger partial charge in [0.1, 0.15) is 13.2 Å². The van der Waals surface area contributed by atoms with Gasteiger partial charge in [-0.1, -0.05) is 12.5 Å². The lowest BCUT2D eigenvalue weighted by molar-refractivity contribution is -0.137. The minimum atomic E-state index is 0.118. The predicted octanol–water partition coefficient (Wildman–Crippen LogP) is 2.50. The summed E-state index contributed by atoms with van der Waals surface area (Å²) in [5.74, 6) is 2.39. The molecule has 1 saturated carbocycles. The molecule has 130 valence electrons. The summed E-state index contributed by atoms with van der Waals surface area (Å²) in [6, 6.07) is 6.27. The first-order valence-electron chi connectivity index (χ1n) is 9.18. The van der Waals surface area contributed by atoms with Gasteiger partial charge in [-0.25, -0.2) is 0 Å². The molecule has 1 amide bonds. The van der Waals surface area contributed by atoms with Crippen LogP contribution in [0.2, 0.25) is 0 Å². The smallest absolute Gasteiger partial charge is 0.226 e. The van der Waals surface area contributed by atoms with Crippen LogP contribution in [0.4, 0.5) is 0 Å². The molecular weight excluding hydrogens is 304 g/mol. The average molecular weight is 330 g/mol. The van der Waals surface area contributed by atoms with E-state index in [9.17, 15) is 4.79 Å². The number of hydrogen-bond acceptors (Lipinski definition) is 4. The van der Waals surface area contributed by atoms with Crippen LogP contribution < -0.4 is 15.2 Å². The number of likely N-dealkylation sites (tertiary alicyclic amines) is 1. The normalized spacial score (nSPS) is 29.0. The topological polar surface area (TPSA) is 64.8 Å². The molecule has 1 aliphatic carbocycles. The van der Waals surface area contributed by atoms with Gasteiger partial charge in [-0.2, -0.15) is 0 Å². The van der Waals surface area contributed by atoms with Crippen LogP contribution in [-0.2, 0) is 4.79 Å². The summed E-state index contributed by atoms with van der Waals surface area (Å²) < 4.78 is 11.3. The van der Waals surface area contributed by atoms with Gasteiger partial charge in [-0.3, -0.25) is 4.79 Å². The first-order valence-corrected chi connectivity index (χ1v) is 9.18. The highest BCUT2D eigenvalue weighted by Gasteiger charge is 2.39. The number of rotatable bonds is 3. The Bertz CT molecular complexity index is 619. The molecular formula is C19H26N2O3. The van der Waals surface area contributed by atoms with Crippen molar-refractivity contribution in [1.29, 1.82) is 0 Å². The summed E-state index contributed by atoms with van der Waals surface area (Å²) in [5.41, 5.74) is 7.04. The van der Waals surface area contributed by atoms with Crippen LogP contribution in [0.1, 0.15) is 43.7 Å². The zero-order valence-electron chi connectivity index (χ0n) is 14.1. The number of nitrogens with zero attached hydrogens (tertiary/aromatic N) is 1. The van der Waals surface area contributed by atoms with Crippen LogP contribution >= 0.6 is 0 Å². The molecule has 3 atom stereocenters. The number of benzene rings is 1. The Morgan fingerprint density at radius 3 is 2.79 bits per heavy atom. The fourth-order valence-corrected chi connectivity index (χ4v) is 4.50. The predicted molar refractivity (Wildman–Crippen MR) is 91.0 cm³/mol. The van der Waals surface area contributed by atoms with Gasteiger partial charge in [0.25, 0.3) is 0 Å². The maximum Gasteiger partial charge on any atom is 0.226 e. The van der Waals surface area contributed by atoms with Crippen molar-refractivity contribution in [2.45, 2.75) is 38.1 Å². The van der Waals surface area contributed by atoms with Gasteiger partial charge in [-0.05, 0) is 55.8 Å². The highest BCUT2D eigenvalue weighted by molar-refractivity contribution is 5.80. The molecule has 2 heterocycles. The minimum absolute atomic E-state index is 0.118. The lowest BCUT2D eigenvalue weighted by Gasteiger charge is -2.30. The average Bonchev–Trinajstić information content (AvgIpc) is 3.29. The van der Waals surface area contributed by atoms with Crippen molar-refractivity contribution in [3.05, 3.63) is 23.8 Å². The molecule has 1 aromatic carbocycles. The first kappa shape index (κ1) is 15.8. The molecule has 1 saturated heterocycles. The zero-order valence-corrected chi connectivity index (χ0v) is 14.1. The molecule has 3 aliphatic rings. The molecule has 1 aromatic rings. The third kappa shape index (κ3) is 2.75. The monoisotopic (exact) mass is 330 g/mol. The van der Waals surface area contributed by atoms with Crippen LogP contribution in [0.3, 0.4) is 0 Å².